The van der Waals surface area contributed by atoms with Crippen molar-refractivity contribution in [1.29, 1.82) is 0 Å². The molecule has 0 aliphatic heterocycles. The molecule has 0 saturated carbocycles. The molecule has 18 heavy (non-hydrogen) atoms. The molecule has 0 spiro atoms. The van der Waals surface area contributed by atoms with E-state index < -0.39 is 0 Å². The van der Waals surface area contributed by atoms with E-state index in [0.717, 1.165) is 11.3 Å². The van der Waals surface area contributed by atoms with E-state index in [1.54, 1.807) is 13.2 Å². The number of hydrogen-bond donors (Lipinski definition) is 0. The monoisotopic (exact) mass is 271 g/mol. The van der Waals surface area contributed by atoms with E-state index in [1.807, 2.05) is 24.1 Å². The van der Waals surface area contributed by atoms with E-state index in [9.17, 15) is 4.79 Å². The Balaban J connectivity index is 2.60. The fourth-order valence-electron chi connectivity index (χ4n) is 1.62. The van der Waals surface area contributed by atoms with Crippen LogP contribution in [-0.4, -0.2) is 38.7 Å². The van der Waals surface area contributed by atoms with Gasteiger partial charge >= 0.3 is 5.97 Å². The summed E-state index contributed by atoms with van der Waals surface area (Å²) in [6.45, 7) is 1.29. The van der Waals surface area contributed by atoms with Crippen LogP contribution < -0.4 is 4.74 Å². The Labute approximate surface area is 112 Å². The predicted molar refractivity (Wildman–Crippen MR) is 71.0 cm³/mol. The van der Waals surface area contributed by atoms with Crippen molar-refractivity contribution in [2.75, 3.05) is 27.8 Å². The van der Waals surface area contributed by atoms with Crippen molar-refractivity contribution < 1.29 is 14.3 Å². The Bertz CT molecular complexity index is 409. The molecule has 1 rings (SSSR count). The molecule has 0 aromatic heterocycles. The fraction of sp³-hybridized carbons (Fsp3) is 0.462. The summed E-state index contributed by atoms with van der Waals surface area (Å²) < 4.78 is 9.87. The number of carbonyl (C=O) groups excluding carboxylic acids is 1. The molecule has 0 aliphatic carbocycles. The molecule has 1 aromatic rings. The molecule has 0 N–H and O–H groups in total. The summed E-state index contributed by atoms with van der Waals surface area (Å²) in [5.41, 5.74) is 0.998. The summed E-state index contributed by atoms with van der Waals surface area (Å²) in [7, 11) is 4.95. The number of ether oxygens (including phenoxy) is 2. The number of rotatable bonds is 6. The largest absolute Gasteiger partial charge is 0.496 e. The average molecular weight is 272 g/mol. The molecule has 0 atom stereocenters. The van der Waals surface area contributed by atoms with Crippen molar-refractivity contribution in [2.24, 2.45) is 0 Å². The number of carbonyl (C=O) groups is 1. The zero-order valence-electron chi connectivity index (χ0n) is 10.9. The summed E-state index contributed by atoms with van der Waals surface area (Å²) in [5, 5.41) is 0.673. The molecule has 0 saturated heterocycles. The second-order valence-corrected chi connectivity index (χ2v) is 4.46. The Morgan fingerprint density at radius 2 is 2.11 bits per heavy atom. The molecule has 100 valence electrons. The van der Waals surface area contributed by atoms with Gasteiger partial charge in [0.15, 0.2) is 0 Å². The number of hydrogen-bond acceptors (Lipinski definition) is 4. The van der Waals surface area contributed by atoms with Gasteiger partial charge < -0.3 is 14.4 Å². The molecule has 4 nitrogen and oxygen atoms in total. The second kappa shape index (κ2) is 7.24. The molecule has 0 fully saturated rings. The van der Waals surface area contributed by atoms with Crippen LogP contribution in [-0.2, 0) is 16.1 Å². The van der Waals surface area contributed by atoms with Gasteiger partial charge in [0.05, 0.1) is 20.6 Å². The minimum absolute atomic E-state index is 0.208. The molecular weight excluding hydrogens is 254 g/mol. The first-order chi connectivity index (χ1) is 8.56. The van der Waals surface area contributed by atoms with Crippen molar-refractivity contribution in [2.45, 2.75) is 13.0 Å². The van der Waals surface area contributed by atoms with E-state index >= 15 is 0 Å². The van der Waals surface area contributed by atoms with Gasteiger partial charge in [0.1, 0.15) is 5.75 Å². The lowest BCUT2D eigenvalue weighted by atomic mass is 10.2. The van der Waals surface area contributed by atoms with Crippen LogP contribution in [0.4, 0.5) is 0 Å². The topological polar surface area (TPSA) is 38.8 Å². The molecule has 1 aromatic carbocycles. The van der Waals surface area contributed by atoms with Gasteiger partial charge in [-0.05, 0) is 25.2 Å². The predicted octanol–water partition coefficient (Wildman–Crippen LogP) is 2.34. The van der Waals surface area contributed by atoms with Crippen molar-refractivity contribution >= 4 is 17.6 Å². The highest BCUT2D eigenvalue weighted by molar-refractivity contribution is 6.30. The maximum absolute atomic E-state index is 11.1. The Morgan fingerprint density at radius 3 is 2.72 bits per heavy atom. The van der Waals surface area contributed by atoms with E-state index in [2.05, 4.69) is 4.74 Å². The maximum Gasteiger partial charge on any atom is 0.306 e. The van der Waals surface area contributed by atoms with Crippen molar-refractivity contribution in [3.63, 3.8) is 0 Å². The van der Waals surface area contributed by atoms with Gasteiger partial charge in [-0.25, -0.2) is 0 Å². The third kappa shape index (κ3) is 4.55. The van der Waals surface area contributed by atoms with Gasteiger partial charge in [-0.3, -0.25) is 4.79 Å². The van der Waals surface area contributed by atoms with Crippen LogP contribution in [0.15, 0.2) is 18.2 Å². The lowest BCUT2D eigenvalue weighted by Crippen LogP contribution is -2.22. The lowest BCUT2D eigenvalue weighted by Gasteiger charge is -2.18. The van der Waals surface area contributed by atoms with Gasteiger partial charge in [-0.2, -0.15) is 0 Å². The van der Waals surface area contributed by atoms with Crippen LogP contribution >= 0.6 is 11.6 Å². The van der Waals surface area contributed by atoms with E-state index in [-0.39, 0.29) is 5.97 Å². The highest BCUT2D eigenvalue weighted by Crippen LogP contribution is 2.23. The number of nitrogens with zero attached hydrogens (tertiary/aromatic N) is 1. The average Bonchev–Trinajstić information content (AvgIpc) is 2.36. The minimum Gasteiger partial charge on any atom is -0.496 e. The first-order valence-electron chi connectivity index (χ1n) is 5.64. The SMILES string of the molecule is COC(=O)CCN(C)Cc1cc(Cl)ccc1OC. The summed E-state index contributed by atoms with van der Waals surface area (Å²) in [5.74, 6) is 0.587. The first kappa shape index (κ1) is 14.8. The quantitative estimate of drug-likeness (QED) is 0.745. The summed E-state index contributed by atoms with van der Waals surface area (Å²) in [4.78, 5) is 13.1. The van der Waals surface area contributed by atoms with Crippen molar-refractivity contribution in [3.05, 3.63) is 28.8 Å². The van der Waals surface area contributed by atoms with Gasteiger partial charge in [0.25, 0.3) is 0 Å². The standard InChI is InChI=1S/C13H18ClNO3/c1-15(7-6-13(16)18-3)9-10-8-11(14)4-5-12(10)17-2/h4-5,8H,6-7,9H2,1-3H3. The van der Waals surface area contributed by atoms with Crippen LogP contribution in [0.25, 0.3) is 0 Å². The minimum atomic E-state index is -0.208. The molecular formula is C13H18ClNO3. The van der Waals surface area contributed by atoms with Gasteiger partial charge in [0, 0.05) is 23.7 Å². The van der Waals surface area contributed by atoms with Gasteiger partial charge in [-0.1, -0.05) is 11.6 Å². The Hall–Kier alpha value is -1.26. The fourth-order valence-corrected chi connectivity index (χ4v) is 1.82. The van der Waals surface area contributed by atoms with Crippen LogP contribution in [0.5, 0.6) is 5.75 Å². The summed E-state index contributed by atoms with van der Waals surface area (Å²) in [6, 6.07) is 5.50. The van der Waals surface area contributed by atoms with Crippen molar-refractivity contribution in [3.8, 4) is 5.75 Å². The molecule has 0 radical (unpaired) electrons. The number of esters is 1. The highest BCUT2D eigenvalue weighted by Gasteiger charge is 2.09. The van der Waals surface area contributed by atoms with E-state index in [0.29, 0.717) is 24.5 Å². The van der Waals surface area contributed by atoms with Gasteiger partial charge in [0.2, 0.25) is 0 Å². The van der Waals surface area contributed by atoms with Crippen LogP contribution in [0, 0.1) is 0 Å². The van der Waals surface area contributed by atoms with Gasteiger partial charge in [-0.15, -0.1) is 0 Å². The Kier molecular flexibility index (Phi) is 5.95. The lowest BCUT2D eigenvalue weighted by molar-refractivity contribution is -0.140. The molecule has 0 heterocycles. The smallest absolute Gasteiger partial charge is 0.306 e. The zero-order valence-corrected chi connectivity index (χ0v) is 11.7. The number of methoxy groups -OCH3 is 2. The normalized spacial score (nSPS) is 10.5. The number of halogens is 1. The van der Waals surface area contributed by atoms with E-state index in [1.165, 1.54) is 7.11 Å². The van der Waals surface area contributed by atoms with Crippen LogP contribution in [0.1, 0.15) is 12.0 Å². The van der Waals surface area contributed by atoms with Crippen LogP contribution in [0.2, 0.25) is 5.02 Å². The maximum atomic E-state index is 11.1. The van der Waals surface area contributed by atoms with Crippen molar-refractivity contribution in [1.82, 2.24) is 4.90 Å². The Morgan fingerprint density at radius 1 is 1.39 bits per heavy atom. The van der Waals surface area contributed by atoms with E-state index in [4.69, 9.17) is 16.3 Å². The zero-order chi connectivity index (χ0) is 13.5. The third-order valence-corrected chi connectivity index (χ3v) is 2.84. The summed E-state index contributed by atoms with van der Waals surface area (Å²) in [6.07, 6.45) is 0.371. The summed E-state index contributed by atoms with van der Waals surface area (Å²) >= 11 is 5.96. The second-order valence-electron chi connectivity index (χ2n) is 4.02. The molecule has 0 unspecified atom stereocenters. The molecule has 0 bridgehead atoms. The number of benzene rings is 1. The van der Waals surface area contributed by atoms with Crippen LogP contribution in [0.3, 0.4) is 0 Å². The molecule has 0 amide bonds. The molecule has 0 aliphatic rings. The third-order valence-electron chi connectivity index (χ3n) is 2.61. The highest BCUT2D eigenvalue weighted by atomic mass is 35.5. The molecule has 5 heteroatoms. The first-order valence-corrected chi connectivity index (χ1v) is 6.02.